The number of unbranched alkanes of at least 4 members (excludes halogenated alkanes) is 9. The maximum atomic E-state index is 10.3. The number of carboxylic acid groups (broad SMARTS) is 1. The molecule has 0 unspecified atom stereocenters. The molecular formula is C15H31NNaO2+. The predicted molar refractivity (Wildman–Crippen MR) is 77.0 cm³/mol. The van der Waals surface area contributed by atoms with Crippen LogP contribution in [0.2, 0.25) is 0 Å². The summed E-state index contributed by atoms with van der Waals surface area (Å²) in [5.74, 6) is -0.717. The molecule has 3 nitrogen and oxygen atoms in total. The molecule has 0 atom stereocenters. The van der Waals surface area contributed by atoms with Crippen LogP contribution < -0.4 is 34.9 Å². The Hall–Kier alpha value is 0.430. The van der Waals surface area contributed by atoms with Gasteiger partial charge in [-0.3, -0.25) is 4.79 Å². The van der Waals surface area contributed by atoms with E-state index in [1.165, 1.54) is 64.2 Å². The van der Waals surface area contributed by atoms with Crippen LogP contribution in [0.25, 0.3) is 0 Å². The van der Waals surface area contributed by atoms with Crippen LogP contribution in [0.3, 0.4) is 0 Å². The van der Waals surface area contributed by atoms with Crippen LogP contribution >= 0.6 is 0 Å². The molecule has 108 valence electrons. The van der Waals surface area contributed by atoms with Crippen LogP contribution in [-0.4, -0.2) is 24.2 Å². The van der Waals surface area contributed by atoms with Gasteiger partial charge in [0, 0.05) is 6.54 Å². The summed E-state index contributed by atoms with van der Waals surface area (Å²) in [6.45, 7) is 3.82. The summed E-state index contributed by atoms with van der Waals surface area (Å²) < 4.78 is 0. The summed E-state index contributed by atoms with van der Waals surface area (Å²) in [7, 11) is 0. The molecule has 0 aromatic heterocycles. The standard InChI is InChI=1S/C15H31NO2.Na/c1-2-3-4-5-6-7-8-9-10-11-13-16-14-12-15(17)18;/h16H,2-14H2,1H3,(H,17,18);/q;+1. The topological polar surface area (TPSA) is 49.3 Å². The molecule has 0 aliphatic heterocycles. The van der Waals surface area contributed by atoms with Crippen molar-refractivity contribution in [2.75, 3.05) is 13.1 Å². The number of hydrogen-bond acceptors (Lipinski definition) is 2. The quantitative estimate of drug-likeness (QED) is 0.368. The number of carbonyl (C=O) groups is 1. The normalized spacial score (nSPS) is 10.2. The largest absolute Gasteiger partial charge is 1.00 e. The molecule has 0 aliphatic carbocycles. The smallest absolute Gasteiger partial charge is 0.481 e. The van der Waals surface area contributed by atoms with Crippen molar-refractivity contribution in [2.45, 2.75) is 77.6 Å². The Morgan fingerprint density at radius 3 is 1.79 bits per heavy atom. The Morgan fingerprint density at radius 1 is 0.842 bits per heavy atom. The van der Waals surface area contributed by atoms with E-state index in [1.807, 2.05) is 0 Å². The second kappa shape index (κ2) is 18.4. The fourth-order valence-electron chi connectivity index (χ4n) is 2.06. The Bertz CT molecular complexity index is 189. The van der Waals surface area contributed by atoms with E-state index in [-0.39, 0.29) is 36.0 Å². The number of carboxylic acids is 1. The van der Waals surface area contributed by atoms with Crippen molar-refractivity contribution < 1.29 is 39.5 Å². The zero-order chi connectivity index (χ0) is 13.5. The third-order valence-corrected chi connectivity index (χ3v) is 3.22. The fraction of sp³-hybridized carbons (Fsp3) is 0.933. The Labute approximate surface area is 141 Å². The van der Waals surface area contributed by atoms with Crippen molar-refractivity contribution in [1.29, 1.82) is 0 Å². The van der Waals surface area contributed by atoms with Crippen molar-refractivity contribution >= 4 is 5.97 Å². The van der Waals surface area contributed by atoms with Crippen LogP contribution in [-0.2, 0) is 4.79 Å². The average molecular weight is 280 g/mol. The van der Waals surface area contributed by atoms with Gasteiger partial charge in [0.2, 0.25) is 0 Å². The molecule has 0 rings (SSSR count). The van der Waals surface area contributed by atoms with Gasteiger partial charge in [0.1, 0.15) is 0 Å². The van der Waals surface area contributed by atoms with E-state index >= 15 is 0 Å². The minimum absolute atomic E-state index is 0. The van der Waals surface area contributed by atoms with Gasteiger partial charge >= 0.3 is 35.5 Å². The van der Waals surface area contributed by atoms with Crippen LogP contribution in [0, 0.1) is 0 Å². The summed E-state index contributed by atoms with van der Waals surface area (Å²) in [5, 5.41) is 11.6. The maximum absolute atomic E-state index is 10.3. The van der Waals surface area contributed by atoms with Crippen LogP contribution in [0.5, 0.6) is 0 Å². The molecule has 4 heteroatoms. The number of hydrogen-bond donors (Lipinski definition) is 2. The molecule has 0 radical (unpaired) electrons. The zero-order valence-electron chi connectivity index (χ0n) is 13.0. The first-order valence-corrected chi connectivity index (χ1v) is 7.70. The first-order valence-electron chi connectivity index (χ1n) is 7.70. The van der Waals surface area contributed by atoms with Crippen molar-refractivity contribution in [3.63, 3.8) is 0 Å². The second-order valence-corrected chi connectivity index (χ2v) is 5.08. The van der Waals surface area contributed by atoms with Gasteiger partial charge in [0.15, 0.2) is 0 Å². The monoisotopic (exact) mass is 280 g/mol. The molecule has 0 aromatic rings. The third-order valence-electron chi connectivity index (χ3n) is 3.22. The molecule has 0 aromatic carbocycles. The minimum Gasteiger partial charge on any atom is -0.481 e. The van der Waals surface area contributed by atoms with Gasteiger partial charge in [-0.15, -0.1) is 0 Å². The molecule has 19 heavy (non-hydrogen) atoms. The van der Waals surface area contributed by atoms with Gasteiger partial charge in [-0.2, -0.15) is 0 Å². The average Bonchev–Trinajstić information content (AvgIpc) is 2.34. The summed E-state index contributed by atoms with van der Waals surface area (Å²) >= 11 is 0. The maximum Gasteiger partial charge on any atom is 1.00 e. The Balaban J connectivity index is 0. The van der Waals surface area contributed by atoms with Gasteiger partial charge in [0.05, 0.1) is 6.42 Å². The van der Waals surface area contributed by atoms with Crippen LogP contribution in [0.15, 0.2) is 0 Å². The molecule has 0 aliphatic rings. The minimum atomic E-state index is -0.717. The Kier molecular flexibility index (Phi) is 21.1. The first kappa shape index (κ1) is 21.7. The molecular weight excluding hydrogens is 249 g/mol. The number of rotatable bonds is 14. The summed E-state index contributed by atoms with van der Waals surface area (Å²) in [6.07, 6.45) is 13.7. The first-order chi connectivity index (χ1) is 8.77. The van der Waals surface area contributed by atoms with E-state index < -0.39 is 5.97 Å². The van der Waals surface area contributed by atoms with Gasteiger partial charge < -0.3 is 10.4 Å². The molecule has 0 fully saturated rings. The van der Waals surface area contributed by atoms with Gasteiger partial charge in [0.25, 0.3) is 0 Å². The predicted octanol–water partition coefficient (Wildman–Crippen LogP) is 0.976. The summed E-state index contributed by atoms with van der Waals surface area (Å²) in [4.78, 5) is 10.3. The van der Waals surface area contributed by atoms with Crippen LogP contribution in [0.1, 0.15) is 77.6 Å². The SMILES string of the molecule is CCCCCCCCCCCCNCCC(=O)O.[Na+]. The zero-order valence-corrected chi connectivity index (χ0v) is 15.0. The van der Waals surface area contributed by atoms with Crippen molar-refractivity contribution in [2.24, 2.45) is 0 Å². The van der Waals surface area contributed by atoms with Gasteiger partial charge in [-0.05, 0) is 13.0 Å². The molecule has 0 saturated carbocycles. The van der Waals surface area contributed by atoms with Crippen LogP contribution in [0.4, 0.5) is 0 Å². The van der Waals surface area contributed by atoms with Crippen molar-refractivity contribution in [1.82, 2.24) is 5.32 Å². The molecule has 0 bridgehead atoms. The third kappa shape index (κ3) is 20.9. The van der Waals surface area contributed by atoms with E-state index in [0.29, 0.717) is 6.54 Å². The van der Waals surface area contributed by atoms with Gasteiger partial charge in [-0.1, -0.05) is 64.7 Å². The van der Waals surface area contributed by atoms with Gasteiger partial charge in [-0.25, -0.2) is 0 Å². The van der Waals surface area contributed by atoms with E-state index in [2.05, 4.69) is 12.2 Å². The molecule has 0 heterocycles. The van der Waals surface area contributed by atoms with E-state index in [9.17, 15) is 4.79 Å². The second-order valence-electron chi connectivity index (χ2n) is 5.08. The number of nitrogens with one attached hydrogen (secondary N) is 1. The summed E-state index contributed by atoms with van der Waals surface area (Å²) in [5.41, 5.74) is 0. The van der Waals surface area contributed by atoms with E-state index in [0.717, 1.165) is 6.54 Å². The molecule has 0 saturated heterocycles. The van der Waals surface area contributed by atoms with E-state index in [1.54, 1.807) is 0 Å². The molecule has 2 N–H and O–H groups in total. The fourth-order valence-corrected chi connectivity index (χ4v) is 2.06. The number of aliphatic carboxylic acids is 1. The Morgan fingerprint density at radius 2 is 1.32 bits per heavy atom. The van der Waals surface area contributed by atoms with E-state index in [4.69, 9.17) is 5.11 Å². The van der Waals surface area contributed by atoms with Crippen molar-refractivity contribution in [3.8, 4) is 0 Å². The van der Waals surface area contributed by atoms with Crippen molar-refractivity contribution in [3.05, 3.63) is 0 Å². The molecule has 0 amide bonds. The summed E-state index contributed by atoms with van der Waals surface area (Å²) in [6, 6.07) is 0. The molecule has 0 spiro atoms.